The van der Waals surface area contributed by atoms with Gasteiger partial charge < -0.3 is 9.47 Å². The van der Waals surface area contributed by atoms with E-state index in [0.29, 0.717) is 12.3 Å². The first-order valence-electron chi connectivity index (χ1n) is 8.02. The molecule has 1 aliphatic heterocycles. The molecule has 4 rings (SSSR count). The van der Waals surface area contributed by atoms with Crippen LogP contribution in [0.1, 0.15) is 11.3 Å². The Hall–Kier alpha value is -2.95. The number of benzene rings is 2. The van der Waals surface area contributed by atoms with E-state index in [2.05, 4.69) is 14.7 Å². The quantitative estimate of drug-likeness (QED) is 0.450. The highest BCUT2D eigenvalue weighted by molar-refractivity contribution is 5.76. The Morgan fingerprint density at radius 3 is 2.31 bits per heavy atom. The number of hydrogen-bond donors (Lipinski definition) is 0. The first-order chi connectivity index (χ1) is 13.5. The molecule has 2 aromatic carbocycles. The minimum absolute atomic E-state index is 0.120. The lowest BCUT2D eigenvalue weighted by Crippen LogP contribution is -2.34. The van der Waals surface area contributed by atoms with Crippen molar-refractivity contribution in [3.63, 3.8) is 0 Å². The Balaban J connectivity index is 1.72. The number of epoxide rings is 1. The van der Waals surface area contributed by atoms with Crippen LogP contribution in [0, 0.1) is 11.6 Å². The molecule has 0 amide bonds. The van der Waals surface area contributed by atoms with Gasteiger partial charge in [0.2, 0.25) is 0 Å². The molecule has 29 heavy (non-hydrogen) atoms. The van der Waals surface area contributed by atoms with Crippen LogP contribution in [0.5, 0.6) is 5.75 Å². The van der Waals surface area contributed by atoms with Crippen LogP contribution in [0.4, 0.5) is 30.7 Å². The summed E-state index contributed by atoms with van der Waals surface area (Å²) in [4.78, 5) is 7.45. The van der Waals surface area contributed by atoms with Gasteiger partial charge in [-0.05, 0) is 24.3 Å². The Kier molecular flexibility index (Phi) is 4.19. The molecule has 1 saturated heterocycles. The van der Waals surface area contributed by atoms with Gasteiger partial charge in [0.05, 0.1) is 23.8 Å². The number of hydrogen-bond acceptors (Lipinski definition) is 4. The fourth-order valence-electron chi connectivity index (χ4n) is 2.94. The van der Waals surface area contributed by atoms with Crippen LogP contribution in [-0.2, 0) is 16.3 Å². The third-order valence-corrected chi connectivity index (χ3v) is 4.38. The normalized spacial score (nSPS) is 19.4. The van der Waals surface area contributed by atoms with Gasteiger partial charge in [0, 0.05) is 17.7 Å². The van der Waals surface area contributed by atoms with Crippen molar-refractivity contribution in [1.29, 1.82) is 0 Å². The number of alkyl halides is 5. The van der Waals surface area contributed by atoms with Crippen LogP contribution in [0.2, 0.25) is 0 Å². The van der Waals surface area contributed by atoms with Gasteiger partial charge in [0.15, 0.2) is 5.60 Å². The molecule has 3 aromatic rings. The molecule has 1 aliphatic rings. The summed E-state index contributed by atoms with van der Waals surface area (Å²) in [6.07, 6.45) is -4.27. The van der Waals surface area contributed by atoms with Crippen LogP contribution in [0.25, 0.3) is 11.0 Å². The zero-order valence-corrected chi connectivity index (χ0v) is 14.1. The summed E-state index contributed by atoms with van der Waals surface area (Å²) in [7, 11) is 0. The third-order valence-electron chi connectivity index (χ3n) is 4.38. The molecule has 1 unspecified atom stereocenters. The van der Waals surface area contributed by atoms with E-state index in [-0.39, 0.29) is 11.0 Å². The van der Waals surface area contributed by atoms with Crippen LogP contribution in [0.3, 0.4) is 0 Å². The average Bonchev–Trinajstić information content (AvgIpc) is 3.42. The highest BCUT2D eigenvalue weighted by Gasteiger charge is 2.68. The Morgan fingerprint density at radius 2 is 1.69 bits per heavy atom. The number of nitrogens with zero attached hydrogens (tertiary/aromatic N) is 2. The molecule has 2 heterocycles. The molecular formula is C18H9F7N2O2. The summed E-state index contributed by atoms with van der Waals surface area (Å²) in [6.45, 7) is -0.541. The molecule has 1 atom stereocenters. The first-order valence-corrected chi connectivity index (χ1v) is 8.02. The van der Waals surface area contributed by atoms with E-state index in [1.807, 2.05) is 0 Å². The predicted octanol–water partition coefficient (Wildman–Crippen LogP) is 4.82. The standard InChI is InChI=1S/C18H9F7N2O2/c19-9-1-3-11(12(20)5-9)16(8-28-16)17(21,22)15-7-26-14-6-10(29-18(23,24)25)2-4-13(14)27-15/h1-7H,8H2. The maximum absolute atomic E-state index is 15.1. The van der Waals surface area contributed by atoms with E-state index in [1.54, 1.807) is 0 Å². The second kappa shape index (κ2) is 6.28. The monoisotopic (exact) mass is 418 g/mol. The van der Waals surface area contributed by atoms with Crippen LogP contribution >= 0.6 is 0 Å². The molecule has 4 nitrogen and oxygen atoms in total. The van der Waals surface area contributed by atoms with Gasteiger partial charge in [-0.25, -0.2) is 13.8 Å². The van der Waals surface area contributed by atoms with Crippen molar-refractivity contribution >= 4 is 11.0 Å². The lowest BCUT2D eigenvalue weighted by molar-refractivity contribution is -0.274. The van der Waals surface area contributed by atoms with Crippen molar-refractivity contribution < 1.29 is 40.2 Å². The molecule has 0 aliphatic carbocycles. The summed E-state index contributed by atoms with van der Waals surface area (Å²) in [5, 5.41) is 0. The smallest absolute Gasteiger partial charge is 0.406 e. The van der Waals surface area contributed by atoms with Crippen molar-refractivity contribution in [2.75, 3.05) is 6.61 Å². The molecule has 0 spiro atoms. The Bertz CT molecular complexity index is 1100. The summed E-state index contributed by atoms with van der Waals surface area (Å²) < 4.78 is 103. The highest BCUT2D eigenvalue weighted by atomic mass is 19.4. The molecular weight excluding hydrogens is 409 g/mol. The predicted molar refractivity (Wildman–Crippen MR) is 84.1 cm³/mol. The molecule has 11 heteroatoms. The van der Waals surface area contributed by atoms with Crippen molar-refractivity contribution in [3.8, 4) is 5.75 Å². The number of fused-ring (bicyclic) bond motifs is 1. The summed E-state index contributed by atoms with van der Waals surface area (Å²) >= 11 is 0. The van der Waals surface area contributed by atoms with Crippen LogP contribution < -0.4 is 4.74 Å². The fraction of sp³-hybridized carbons (Fsp3) is 0.222. The Labute approximate surface area is 157 Å². The third kappa shape index (κ3) is 3.35. The van der Waals surface area contributed by atoms with Crippen molar-refractivity contribution in [2.24, 2.45) is 0 Å². The van der Waals surface area contributed by atoms with Crippen molar-refractivity contribution in [2.45, 2.75) is 17.9 Å². The average molecular weight is 418 g/mol. The molecule has 1 aromatic heterocycles. The Morgan fingerprint density at radius 1 is 0.966 bits per heavy atom. The highest BCUT2D eigenvalue weighted by Crippen LogP contribution is 2.56. The first kappa shape index (κ1) is 19.4. The molecule has 0 saturated carbocycles. The minimum atomic E-state index is -4.93. The zero-order chi connectivity index (χ0) is 21.0. The number of aromatic nitrogens is 2. The summed E-state index contributed by atoms with van der Waals surface area (Å²) in [5.41, 5.74) is -4.06. The van der Waals surface area contributed by atoms with E-state index in [0.717, 1.165) is 30.3 Å². The summed E-state index contributed by atoms with van der Waals surface area (Å²) in [6, 6.07) is 4.97. The minimum Gasteiger partial charge on any atom is -0.406 e. The second-order valence-electron chi connectivity index (χ2n) is 6.27. The zero-order valence-electron chi connectivity index (χ0n) is 14.1. The lowest BCUT2D eigenvalue weighted by atomic mass is 9.90. The van der Waals surface area contributed by atoms with Gasteiger partial charge in [0.25, 0.3) is 0 Å². The van der Waals surface area contributed by atoms with Crippen LogP contribution in [-0.4, -0.2) is 22.9 Å². The van der Waals surface area contributed by atoms with E-state index < -0.39 is 53.1 Å². The number of rotatable bonds is 4. The van der Waals surface area contributed by atoms with Gasteiger partial charge >= 0.3 is 12.3 Å². The fourth-order valence-corrected chi connectivity index (χ4v) is 2.94. The molecule has 0 N–H and O–H groups in total. The molecule has 0 radical (unpaired) electrons. The molecule has 0 bridgehead atoms. The van der Waals surface area contributed by atoms with Crippen molar-refractivity contribution in [3.05, 3.63) is 65.5 Å². The van der Waals surface area contributed by atoms with Gasteiger partial charge in [-0.2, -0.15) is 8.78 Å². The second-order valence-corrected chi connectivity index (χ2v) is 6.27. The number of ether oxygens (including phenoxy) is 2. The van der Waals surface area contributed by atoms with Crippen LogP contribution in [0.15, 0.2) is 42.6 Å². The maximum atomic E-state index is 15.1. The van der Waals surface area contributed by atoms with Gasteiger partial charge in [-0.3, -0.25) is 4.98 Å². The van der Waals surface area contributed by atoms with E-state index in [1.165, 1.54) is 0 Å². The van der Waals surface area contributed by atoms with E-state index >= 15 is 8.78 Å². The van der Waals surface area contributed by atoms with E-state index in [9.17, 15) is 22.0 Å². The van der Waals surface area contributed by atoms with Crippen molar-refractivity contribution in [1.82, 2.24) is 9.97 Å². The SMILES string of the molecule is Fc1ccc(C2(C(F)(F)c3cnc4cc(OC(F)(F)F)ccc4n3)CO2)c(F)c1. The lowest BCUT2D eigenvalue weighted by Gasteiger charge is -2.24. The molecule has 1 fully saturated rings. The molecule has 152 valence electrons. The van der Waals surface area contributed by atoms with E-state index in [4.69, 9.17) is 4.74 Å². The summed E-state index contributed by atoms with van der Waals surface area (Å²) in [5.74, 6) is -6.58. The number of halogens is 7. The topological polar surface area (TPSA) is 47.5 Å². The van der Waals surface area contributed by atoms with Gasteiger partial charge in [-0.15, -0.1) is 13.2 Å². The largest absolute Gasteiger partial charge is 0.573 e. The van der Waals surface area contributed by atoms with Gasteiger partial charge in [-0.1, -0.05) is 0 Å². The van der Waals surface area contributed by atoms with Gasteiger partial charge in [0.1, 0.15) is 23.1 Å². The maximum Gasteiger partial charge on any atom is 0.573 e.